The Kier molecular flexibility index (Phi) is 4.08. The number of morpholine rings is 1. The maximum Gasteiger partial charge on any atom is 0.164 e. The van der Waals surface area contributed by atoms with E-state index in [2.05, 4.69) is 11.0 Å². The van der Waals surface area contributed by atoms with E-state index in [1.165, 1.54) is 0 Å². The first-order chi connectivity index (χ1) is 7.86. The zero-order valence-corrected chi connectivity index (χ0v) is 9.32. The van der Waals surface area contributed by atoms with Gasteiger partial charge < -0.3 is 4.74 Å². The molecule has 85 valence electrons. The lowest BCUT2D eigenvalue weighted by atomic mass is 10.1. The Balaban J connectivity index is 1.79. The molecular weight excluding hydrogens is 202 g/mol. The van der Waals surface area contributed by atoms with Crippen molar-refractivity contribution in [2.24, 2.45) is 0 Å². The molecule has 0 spiro atoms. The van der Waals surface area contributed by atoms with Gasteiger partial charge in [-0.3, -0.25) is 9.69 Å². The summed E-state index contributed by atoms with van der Waals surface area (Å²) in [5, 5.41) is 0. The molecule has 2 rings (SSSR count). The van der Waals surface area contributed by atoms with E-state index in [0.29, 0.717) is 6.42 Å². The fraction of sp³-hybridized carbons (Fsp3) is 0.462. The largest absolute Gasteiger partial charge is 0.379 e. The van der Waals surface area contributed by atoms with Crippen LogP contribution in [0.15, 0.2) is 24.3 Å². The second-order valence-corrected chi connectivity index (χ2v) is 3.92. The molecule has 3 nitrogen and oxygen atoms in total. The van der Waals surface area contributed by atoms with E-state index in [1.54, 1.807) is 12.1 Å². The highest BCUT2D eigenvalue weighted by atomic mass is 16.5. The van der Waals surface area contributed by atoms with Gasteiger partial charge in [-0.1, -0.05) is 18.2 Å². The first kappa shape index (κ1) is 11.3. The Morgan fingerprint density at radius 1 is 1.44 bits per heavy atom. The lowest BCUT2D eigenvalue weighted by Crippen LogP contribution is -2.37. The van der Waals surface area contributed by atoms with E-state index < -0.39 is 0 Å². The lowest BCUT2D eigenvalue weighted by Gasteiger charge is -2.26. The third-order valence-electron chi connectivity index (χ3n) is 2.79. The average Bonchev–Trinajstić information content (AvgIpc) is 2.38. The number of hydrogen-bond donors (Lipinski definition) is 0. The Bertz CT molecular complexity index is 331. The second-order valence-electron chi connectivity index (χ2n) is 3.92. The minimum atomic E-state index is 0.198. The number of Topliss-reactive ketones (excluding diaryl/α,β-unsaturated/α-hetero) is 1. The Morgan fingerprint density at radius 3 is 2.94 bits per heavy atom. The van der Waals surface area contributed by atoms with Gasteiger partial charge in [0.15, 0.2) is 5.78 Å². The number of nitrogens with zero attached hydrogens (tertiary/aromatic N) is 1. The fourth-order valence-corrected chi connectivity index (χ4v) is 1.80. The van der Waals surface area contributed by atoms with Gasteiger partial charge in [-0.15, -0.1) is 0 Å². The Morgan fingerprint density at radius 2 is 2.25 bits per heavy atom. The highest BCUT2D eigenvalue weighted by Crippen LogP contribution is 2.05. The Hall–Kier alpha value is -1.19. The maximum atomic E-state index is 11.8. The first-order valence-electron chi connectivity index (χ1n) is 5.66. The summed E-state index contributed by atoms with van der Waals surface area (Å²) in [7, 11) is 0. The van der Waals surface area contributed by atoms with Crippen molar-refractivity contribution in [1.82, 2.24) is 4.90 Å². The summed E-state index contributed by atoms with van der Waals surface area (Å²) in [5.74, 6) is 0.198. The van der Waals surface area contributed by atoms with Crippen LogP contribution in [-0.2, 0) is 4.74 Å². The van der Waals surface area contributed by atoms with Gasteiger partial charge in [-0.2, -0.15) is 0 Å². The molecule has 0 aromatic heterocycles. The van der Waals surface area contributed by atoms with E-state index in [1.807, 2.05) is 12.1 Å². The topological polar surface area (TPSA) is 29.5 Å². The predicted octanol–water partition coefficient (Wildman–Crippen LogP) is 1.39. The molecule has 1 saturated heterocycles. The van der Waals surface area contributed by atoms with Gasteiger partial charge in [0.05, 0.1) is 13.2 Å². The molecule has 1 aliphatic rings. The van der Waals surface area contributed by atoms with Crippen LogP contribution in [0.5, 0.6) is 0 Å². The van der Waals surface area contributed by atoms with E-state index in [4.69, 9.17) is 4.74 Å². The van der Waals surface area contributed by atoms with Crippen LogP contribution in [0.2, 0.25) is 0 Å². The predicted molar refractivity (Wildman–Crippen MR) is 61.5 cm³/mol. The van der Waals surface area contributed by atoms with Gasteiger partial charge in [0, 0.05) is 31.6 Å². The summed E-state index contributed by atoms with van der Waals surface area (Å²) in [6.07, 6.45) is 0.581. The summed E-state index contributed by atoms with van der Waals surface area (Å²) < 4.78 is 5.26. The summed E-state index contributed by atoms with van der Waals surface area (Å²) in [6.45, 7) is 4.28. The fourth-order valence-electron chi connectivity index (χ4n) is 1.80. The highest BCUT2D eigenvalue weighted by Gasteiger charge is 2.12. The molecule has 0 amide bonds. The van der Waals surface area contributed by atoms with Crippen LogP contribution in [0.25, 0.3) is 0 Å². The van der Waals surface area contributed by atoms with Crippen molar-refractivity contribution < 1.29 is 9.53 Å². The monoisotopic (exact) mass is 218 g/mol. The van der Waals surface area contributed by atoms with Crippen LogP contribution in [0.1, 0.15) is 16.8 Å². The van der Waals surface area contributed by atoms with Crippen molar-refractivity contribution in [3.63, 3.8) is 0 Å². The maximum absolute atomic E-state index is 11.8. The average molecular weight is 218 g/mol. The van der Waals surface area contributed by atoms with Gasteiger partial charge in [0.1, 0.15) is 0 Å². The molecule has 1 aliphatic heterocycles. The van der Waals surface area contributed by atoms with E-state index >= 15 is 0 Å². The summed E-state index contributed by atoms with van der Waals surface area (Å²) in [4.78, 5) is 14.1. The van der Waals surface area contributed by atoms with Crippen molar-refractivity contribution >= 4 is 5.78 Å². The Labute approximate surface area is 96.0 Å². The molecule has 1 fully saturated rings. The molecule has 1 heterocycles. The van der Waals surface area contributed by atoms with Gasteiger partial charge in [-0.05, 0) is 12.1 Å². The highest BCUT2D eigenvalue weighted by molar-refractivity contribution is 5.96. The van der Waals surface area contributed by atoms with E-state index in [9.17, 15) is 4.79 Å². The molecule has 3 heteroatoms. The van der Waals surface area contributed by atoms with Crippen molar-refractivity contribution in [1.29, 1.82) is 0 Å². The molecule has 0 N–H and O–H groups in total. The molecule has 16 heavy (non-hydrogen) atoms. The van der Waals surface area contributed by atoms with E-state index in [0.717, 1.165) is 38.4 Å². The zero-order valence-electron chi connectivity index (χ0n) is 9.32. The summed E-state index contributed by atoms with van der Waals surface area (Å²) >= 11 is 0. The first-order valence-corrected chi connectivity index (χ1v) is 5.66. The third-order valence-corrected chi connectivity index (χ3v) is 2.79. The number of carbonyl (C=O) groups excluding carboxylic acids is 1. The molecule has 1 radical (unpaired) electrons. The number of carbonyl (C=O) groups is 1. The molecule has 1 aromatic rings. The van der Waals surface area contributed by atoms with Gasteiger partial charge in [0.25, 0.3) is 0 Å². The summed E-state index contributed by atoms with van der Waals surface area (Å²) in [5.41, 5.74) is 0.760. The molecule has 0 saturated carbocycles. The molecule has 0 unspecified atom stereocenters. The zero-order chi connectivity index (χ0) is 11.2. The van der Waals surface area contributed by atoms with Crippen LogP contribution in [0, 0.1) is 6.07 Å². The quantitative estimate of drug-likeness (QED) is 0.715. The SMILES string of the molecule is O=C(CCN1CCOCC1)c1c[c]ccc1. The third kappa shape index (κ3) is 3.15. The number of rotatable bonds is 4. The minimum Gasteiger partial charge on any atom is -0.379 e. The molecule has 0 bridgehead atoms. The standard InChI is InChI=1S/C13H16NO2/c15-13(12-4-2-1-3-5-12)6-7-14-8-10-16-11-9-14/h1-2,4-5H,6-11H2. The van der Waals surface area contributed by atoms with Crippen LogP contribution in [0.3, 0.4) is 0 Å². The molecule has 0 atom stereocenters. The second kappa shape index (κ2) is 5.77. The molecule has 0 aliphatic carbocycles. The number of benzene rings is 1. The van der Waals surface area contributed by atoms with E-state index in [-0.39, 0.29) is 5.78 Å². The van der Waals surface area contributed by atoms with Crippen LogP contribution >= 0.6 is 0 Å². The van der Waals surface area contributed by atoms with Crippen molar-refractivity contribution in [3.8, 4) is 0 Å². The van der Waals surface area contributed by atoms with Crippen LogP contribution in [-0.4, -0.2) is 43.5 Å². The lowest BCUT2D eigenvalue weighted by molar-refractivity contribution is 0.0370. The van der Waals surface area contributed by atoms with Gasteiger partial charge in [0.2, 0.25) is 0 Å². The van der Waals surface area contributed by atoms with Crippen LogP contribution in [0.4, 0.5) is 0 Å². The number of ketones is 1. The van der Waals surface area contributed by atoms with Crippen molar-refractivity contribution in [2.45, 2.75) is 6.42 Å². The smallest absolute Gasteiger partial charge is 0.164 e. The summed E-state index contributed by atoms with van der Waals surface area (Å²) in [6, 6.07) is 10.2. The van der Waals surface area contributed by atoms with Gasteiger partial charge >= 0.3 is 0 Å². The minimum absolute atomic E-state index is 0.198. The van der Waals surface area contributed by atoms with Crippen molar-refractivity contribution in [3.05, 3.63) is 35.9 Å². The van der Waals surface area contributed by atoms with Crippen molar-refractivity contribution in [2.75, 3.05) is 32.8 Å². The van der Waals surface area contributed by atoms with Crippen LogP contribution < -0.4 is 0 Å². The molecule has 1 aromatic carbocycles. The van der Waals surface area contributed by atoms with Gasteiger partial charge in [-0.25, -0.2) is 0 Å². The number of hydrogen-bond acceptors (Lipinski definition) is 3. The number of ether oxygens (including phenoxy) is 1. The normalized spacial score (nSPS) is 17.2. The molecular formula is C13H16NO2.